The molecule has 35 heavy (non-hydrogen) atoms. The number of methoxy groups -OCH3 is 1. The molecule has 1 amide bonds. The van der Waals surface area contributed by atoms with Gasteiger partial charge in [-0.2, -0.15) is 0 Å². The van der Waals surface area contributed by atoms with Crippen molar-refractivity contribution in [2.24, 2.45) is 5.92 Å². The monoisotopic (exact) mass is 526 g/mol. The molecular formula is C24H28Cl2N2O7. The van der Waals surface area contributed by atoms with Crippen molar-refractivity contribution in [3.63, 3.8) is 0 Å². The lowest BCUT2D eigenvalue weighted by Gasteiger charge is -2.29. The molecule has 0 aliphatic rings. The van der Waals surface area contributed by atoms with Gasteiger partial charge in [-0.1, -0.05) is 37.0 Å². The molecule has 0 aliphatic heterocycles. The summed E-state index contributed by atoms with van der Waals surface area (Å²) < 4.78 is 21.8. The van der Waals surface area contributed by atoms with E-state index in [1.807, 2.05) is 13.8 Å². The van der Waals surface area contributed by atoms with Crippen molar-refractivity contribution in [3.8, 4) is 17.2 Å². The van der Waals surface area contributed by atoms with Crippen LogP contribution in [0.15, 0.2) is 30.5 Å². The normalized spacial score (nSPS) is 13.4. The van der Waals surface area contributed by atoms with E-state index in [1.165, 1.54) is 33.2 Å². The van der Waals surface area contributed by atoms with Gasteiger partial charge < -0.3 is 24.3 Å². The van der Waals surface area contributed by atoms with Gasteiger partial charge in [0, 0.05) is 24.2 Å². The molecule has 0 radical (unpaired) electrons. The minimum absolute atomic E-state index is 0.112. The van der Waals surface area contributed by atoms with E-state index in [1.54, 1.807) is 25.1 Å². The molecule has 2 aromatic rings. The molecule has 0 fully saturated rings. The zero-order valence-electron chi connectivity index (χ0n) is 20.3. The number of ether oxygens (including phenoxy) is 4. The Labute approximate surface area is 214 Å². The first kappa shape index (κ1) is 28.2. The number of benzene rings is 1. The molecule has 1 N–H and O–H groups in total. The Bertz CT molecular complexity index is 1080. The summed E-state index contributed by atoms with van der Waals surface area (Å²) >= 11 is 12.1. The summed E-state index contributed by atoms with van der Waals surface area (Å²) in [7, 11) is 1.36. The second kappa shape index (κ2) is 12.6. The van der Waals surface area contributed by atoms with E-state index in [4.69, 9.17) is 42.1 Å². The molecule has 1 aromatic heterocycles. The highest BCUT2D eigenvalue weighted by Gasteiger charge is 2.31. The van der Waals surface area contributed by atoms with E-state index < -0.39 is 36.1 Å². The number of amides is 1. The van der Waals surface area contributed by atoms with Gasteiger partial charge in [-0.25, -0.2) is 9.78 Å². The summed E-state index contributed by atoms with van der Waals surface area (Å²) in [5.41, 5.74) is -0.214. The summed E-state index contributed by atoms with van der Waals surface area (Å²) in [6, 6.07) is 5.21. The number of hydrogen-bond donors (Lipinski definition) is 1. The van der Waals surface area contributed by atoms with Crippen molar-refractivity contribution in [1.82, 2.24) is 10.3 Å². The predicted molar refractivity (Wildman–Crippen MR) is 130 cm³/mol. The van der Waals surface area contributed by atoms with Gasteiger partial charge in [0.15, 0.2) is 11.4 Å². The zero-order chi connectivity index (χ0) is 26.3. The number of hydrogen-bond acceptors (Lipinski definition) is 8. The number of carbonyl (C=O) groups is 3. The Kier molecular flexibility index (Phi) is 10.2. The summed E-state index contributed by atoms with van der Waals surface area (Å²) in [6.07, 6.45) is 0.107. The van der Waals surface area contributed by atoms with Gasteiger partial charge in [0.2, 0.25) is 5.75 Å². The maximum Gasteiger partial charge on any atom is 0.328 e. The molecule has 190 valence electrons. The Morgan fingerprint density at radius 1 is 1.03 bits per heavy atom. The molecule has 11 heteroatoms. The minimum Gasteiger partial charge on any atom is -0.493 e. The number of carbonyl (C=O) groups excluding carboxylic acids is 3. The van der Waals surface area contributed by atoms with Gasteiger partial charge in [0.25, 0.3) is 5.91 Å². The molecule has 0 saturated carbocycles. The van der Waals surface area contributed by atoms with Crippen LogP contribution in [-0.4, -0.2) is 48.2 Å². The van der Waals surface area contributed by atoms with E-state index in [9.17, 15) is 14.4 Å². The summed E-state index contributed by atoms with van der Waals surface area (Å²) in [5.74, 6) is -1.82. The lowest BCUT2D eigenvalue weighted by atomic mass is 10.0. The van der Waals surface area contributed by atoms with Crippen molar-refractivity contribution in [1.29, 1.82) is 0 Å². The maximum atomic E-state index is 12.8. The average Bonchev–Trinajstić information content (AvgIpc) is 2.78. The van der Waals surface area contributed by atoms with Crippen LogP contribution in [-0.2, 0) is 14.3 Å². The van der Waals surface area contributed by atoms with Crippen LogP contribution in [0.1, 0.15) is 45.1 Å². The van der Waals surface area contributed by atoms with Crippen molar-refractivity contribution in [2.45, 2.75) is 52.9 Å². The molecule has 2 rings (SSSR count). The topological polar surface area (TPSA) is 113 Å². The quantitative estimate of drug-likeness (QED) is 0.451. The minimum atomic E-state index is -1.05. The van der Waals surface area contributed by atoms with Crippen LogP contribution in [0.2, 0.25) is 10.0 Å². The van der Waals surface area contributed by atoms with Gasteiger partial charge in [0.05, 0.1) is 12.1 Å². The number of aromatic nitrogens is 1. The van der Waals surface area contributed by atoms with E-state index in [0.717, 1.165) is 0 Å². The maximum absolute atomic E-state index is 12.8. The third-order valence-electron chi connectivity index (χ3n) is 4.83. The van der Waals surface area contributed by atoms with Gasteiger partial charge in [-0.05, 0) is 38.0 Å². The molecule has 0 aliphatic carbocycles. The molecule has 1 heterocycles. The summed E-state index contributed by atoms with van der Waals surface area (Å²) in [5, 5.41) is 3.30. The van der Waals surface area contributed by atoms with Crippen LogP contribution in [0.5, 0.6) is 17.2 Å². The average molecular weight is 527 g/mol. The SMILES string of the molecule is COc1ccnc(C(=O)N[C@@H](C)C(=O)O[C@H](C(C)C)[C@H](C)Oc2ccc(Cl)cc2Cl)c1OC(C)=O. The molecular weight excluding hydrogens is 499 g/mol. The second-order valence-corrected chi connectivity index (χ2v) is 8.87. The lowest BCUT2D eigenvalue weighted by molar-refractivity contribution is -0.158. The van der Waals surface area contributed by atoms with E-state index in [2.05, 4.69) is 10.3 Å². The van der Waals surface area contributed by atoms with Crippen molar-refractivity contribution >= 4 is 41.0 Å². The second-order valence-electron chi connectivity index (χ2n) is 8.02. The van der Waals surface area contributed by atoms with Gasteiger partial charge >= 0.3 is 11.9 Å². The fourth-order valence-corrected chi connectivity index (χ4v) is 3.62. The third kappa shape index (κ3) is 7.73. The fraction of sp³-hybridized carbons (Fsp3) is 0.417. The van der Waals surface area contributed by atoms with E-state index in [0.29, 0.717) is 15.8 Å². The highest BCUT2D eigenvalue weighted by Crippen LogP contribution is 2.31. The number of esters is 2. The molecule has 9 nitrogen and oxygen atoms in total. The molecule has 1 aromatic carbocycles. The largest absolute Gasteiger partial charge is 0.493 e. The summed E-state index contributed by atoms with van der Waals surface area (Å²) in [6.45, 7) is 8.13. The van der Waals surface area contributed by atoms with Crippen LogP contribution >= 0.6 is 23.2 Å². The Balaban J connectivity index is 2.12. The number of nitrogens with one attached hydrogen (secondary N) is 1. The Hall–Kier alpha value is -3.04. The Morgan fingerprint density at radius 2 is 1.71 bits per heavy atom. The van der Waals surface area contributed by atoms with Crippen LogP contribution in [0.3, 0.4) is 0 Å². The van der Waals surface area contributed by atoms with Gasteiger partial charge in [0.1, 0.15) is 24.0 Å². The first-order chi connectivity index (χ1) is 16.4. The summed E-state index contributed by atoms with van der Waals surface area (Å²) in [4.78, 5) is 41.1. The number of halogens is 2. The highest BCUT2D eigenvalue weighted by atomic mass is 35.5. The van der Waals surface area contributed by atoms with Gasteiger partial charge in [-0.15, -0.1) is 0 Å². The van der Waals surface area contributed by atoms with Gasteiger partial charge in [-0.3, -0.25) is 9.59 Å². The zero-order valence-corrected chi connectivity index (χ0v) is 21.8. The molecule has 3 atom stereocenters. The standard InChI is InChI=1S/C24H28Cl2N2O7/c1-12(2)21(14(4)33-18-8-7-16(25)11-17(18)26)35-24(31)13(3)28-23(30)20-22(34-15(5)29)19(32-6)9-10-27-20/h7-14,21H,1-6H3,(H,28,30)/t13-,14-,21+/m0/s1. The fourth-order valence-electron chi connectivity index (χ4n) is 3.17. The highest BCUT2D eigenvalue weighted by molar-refractivity contribution is 6.35. The smallest absolute Gasteiger partial charge is 0.328 e. The van der Waals surface area contributed by atoms with Crippen LogP contribution < -0.4 is 19.5 Å². The number of pyridine rings is 1. The first-order valence-electron chi connectivity index (χ1n) is 10.8. The van der Waals surface area contributed by atoms with Crippen molar-refractivity contribution in [2.75, 3.05) is 7.11 Å². The number of rotatable bonds is 10. The van der Waals surface area contributed by atoms with E-state index >= 15 is 0 Å². The molecule has 0 saturated heterocycles. The lowest BCUT2D eigenvalue weighted by Crippen LogP contribution is -2.45. The first-order valence-corrected chi connectivity index (χ1v) is 11.5. The number of nitrogens with zero attached hydrogens (tertiary/aromatic N) is 1. The molecule has 0 spiro atoms. The third-order valence-corrected chi connectivity index (χ3v) is 5.36. The van der Waals surface area contributed by atoms with E-state index in [-0.39, 0.29) is 23.1 Å². The van der Waals surface area contributed by atoms with Crippen molar-refractivity contribution in [3.05, 3.63) is 46.2 Å². The van der Waals surface area contributed by atoms with Crippen LogP contribution in [0.4, 0.5) is 0 Å². The van der Waals surface area contributed by atoms with Crippen molar-refractivity contribution < 1.29 is 33.3 Å². The predicted octanol–water partition coefficient (Wildman–Crippen LogP) is 4.48. The van der Waals surface area contributed by atoms with Crippen LogP contribution in [0, 0.1) is 5.92 Å². The van der Waals surface area contributed by atoms with Crippen LogP contribution in [0.25, 0.3) is 0 Å². The molecule has 0 bridgehead atoms. The molecule has 0 unspecified atom stereocenters. The Morgan fingerprint density at radius 3 is 2.29 bits per heavy atom.